The van der Waals surface area contributed by atoms with E-state index >= 15 is 0 Å². The molecular formula is C16H15N3O2. The second-order valence-corrected chi connectivity index (χ2v) is 4.22. The highest BCUT2D eigenvalue weighted by Crippen LogP contribution is 2.07. The largest absolute Gasteiger partial charge is 0.395 e. The van der Waals surface area contributed by atoms with E-state index in [-0.39, 0.29) is 12.5 Å². The van der Waals surface area contributed by atoms with Crippen LogP contribution in [0, 0.1) is 11.8 Å². The Bertz CT molecular complexity index is 660. The van der Waals surface area contributed by atoms with Crippen molar-refractivity contribution < 1.29 is 9.90 Å². The van der Waals surface area contributed by atoms with Crippen molar-refractivity contribution in [1.82, 2.24) is 15.5 Å². The number of rotatable bonds is 4. The smallest absolute Gasteiger partial charge is 0.252 e. The van der Waals surface area contributed by atoms with Crippen LogP contribution in [0.2, 0.25) is 0 Å². The summed E-state index contributed by atoms with van der Waals surface area (Å²) >= 11 is 0. The third-order valence-electron chi connectivity index (χ3n) is 2.69. The second kappa shape index (κ2) is 7.78. The molecule has 0 unspecified atom stereocenters. The number of nitrogens with zero attached hydrogens (tertiary/aromatic N) is 2. The topological polar surface area (TPSA) is 75.1 Å². The fourth-order valence-corrected chi connectivity index (χ4v) is 1.70. The molecule has 0 aliphatic rings. The fourth-order valence-electron chi connectivity index (χ4n) is 1.70. The molecule has 0 saturated heterocycles. The Kier molecular flexibility index (Phi) is 5.44. The van der Waals surface area contributed by atoms with E-state index in [4.69, 9.17) is 5.11 Å². The van der Waals surface area contributed by atoms with Gasteiger partial charge in [0.05, 0.1) is 24.4 Å². The van der Waals surface area contributed by atoms with E-state index in [9.17, 15) is 4.79 Å². The van der Waals surface area contributed by atoms with Crippen molar-refractivity contribution in [1.29, 1.82) is 0 Å². The fraction of sp³-hybridized carbons (Fsp3) is 0.188. The van der Waals surface area contributed by atoms with Gasteiger partial charge >= 0.3 is 0 Å². The van der Waals surface area contributed by atoms with Crippen LogP contribution in [-0.2, 0) is 6.54 Å². The van der Waals surface area contributed by atoms with E-state index in [1.54, 1.807) is 36.5 Å². The number of aliphatic hydroxyl groups is 1. The highest BCUT2D eigenvalue weighted by molar-refractivity contribution is 5.96. The highest BCUT2D eigenvalue weighted by atomic mass is 16.2. The third-order valence-corrected chi connectivity index (χ3v) is 2.69. The minimum atomic E-state index is -0.213. The molecule has 1 amide bonds. The lowest BCUT2D eigenvalue weighted by Crippen LogP contribution is -2.24. The van der Waals surface area contributed by atoms with E-state index in [1.165, 1.54) is 0 Å². The molecule has 0 aliphatic carbocycles. The van der Waals surface area contributed by atoms with Crippen molar-refractivity contribution >= 4 is 5.91 Å². The lowest BCUT2D eigenvalue weighted by molar-refractivity contribution is 0.0950. The summed E-state index contributed by atoms with van der Waals surface area (Å²) in [6.07, 6.45) is 1.97. The molecule has 21 heavy (non-hydrogen) atoms. The highest BCUT2D eigenvalue weighted by Gasteiger charge is 2.09. The minimum absolute atomic E-state index is 0.00798. The molecule has 2 rings (SSSR count). The summed E-state index contributed by atoms with van der Waals surface area (Å²) in [7, 11) is 0. The van der Waals surface area contributed by atoms with Crippen LogP contribution in [0.1, 0.15) is 28.0 Å². The van der Waals surface area contributed by atoms with Crippen molar-refractivity contribution in [3.05, 3.63) is 59.4 Å². The lowest BCUT2D eigenvalue weighted by Gasteiger charge is -2.06. The summed E-state index contributed by atoms with van der Waals surface area (Å²) in [5.41, 5.74) is 1.84. The number of benzene rings is 1. The van der Waals surface area contributed by atoms with Crippen LogP contribution in [0.15, 0.2) is 42.6 Å². The van der Waals surface area contributed by atoms with Gasteiger partial charge in [-0.2, -0.15) is 10.2 Å². The molecule has 2 N–H and O–H groups in total. The Hall–Kier alpha value is -2.71. The maximum absolute atomic E-state index is 12.2. The zero-order valence-electron chi connectivity index (χ0n) is 11.4. The van der Waals surface area contributed by atoms with Crippen molar-refractivity contribution in [2.24, 2.45) is 0 Å². The minimum Gasteiger partial charge on any atom is -0.395 e. The SMILES string of the molecule is O=C(NCc1cccnn1)c1ccccc1C#CCCO. The van der Waals surface area contributed by atoms with Gasteiger partial charge in [-0.25, -0.2) is 0 Å². The summed E-state index contributed by atoms with van der Waals surface area (Å²) in [6.45, 7) is 0.319. The van der Waals surface area contributed by atoms with Gasteiger partial charge in [-0.1, -0.05) is 24.0 Å². The summed E-state index contributed by atoms with van der Waals surface area (Å²) in [5.74, 6) is 5.50. The zero-order chi connectivity index (χ0) is 14.9. The van der Waals surface area contributed by atoms with Gasteiger partial charge in [0.15, 0.2) is 0 Å². The molecule has 1 aromatic heterocycles. The lowest BCUT2D eigenvalue weighted by atomic mass is 10.1. The predicted octanol–water partition coefficient (Wildman–Crippen LogP) is 1.14. The molecule has 5 nitrogen and oxygen atoms in total. The summed E-state index contributed by atoms with van der Waals surface area (Å²) in [5, 5.41) is 19.2. The van der Waals surface area contributed by atoms with Crippen molar-refractivity contribution in [3.8, 4) is 11.8 Å². The van der Waals surface area contributed by atoms with Crippen LogP contribution in [0.4, 0.5) is 0 Å². The first-order valence-electron chi connectivity index (χ1n) is 6.55. The summed E-state index contributed by atoms with van der Waals surface area (Å²) in [4.78, 5) is 12.2. The molecular weight excluding hydrogens is 266 g/mol. The van der Waals surface area contributed by atoms with Gasteiger partial charge in [0.2, 0.25) is 0 Å². The summed E-state index contributed by atoms with van der Waals surface area (Å²) in [6, 6.07) is 10.7. The van der Waals surface area contributed by atoms with Gasteiger partial charge < -0.3 is 10.4 Å². The average molecular weight is 281 g/mol. The van der Waals surface area contributed by atoms with E-state index in [0.717, 1.165) is 0 Å². The first-order chi connectivity index (χ1) is 10.3. The van der Waals surface area contributed by atoms with E-state index in [0.29, 0.717) is 29.8 Å². The molecule has 0 spiro atoms. The maximum Gasteiger partial charge on any atom is 0.252 e. The third kappa shape index (κ3) is 4.41. The molecule has 0 saturated carbocycles. The second-order valence-electron chi connectivity index (χ2n) is 4.22. The normalized spacial score (nSPS) is 9.57. The van der Waals surface area contributed by atoms with Gasteiger partial charge in [-0.05, 0) is 24.3 Å². The molecule has 1 aromatic carbocycles. The number of amides is 1. The van der Waals surface area contributed by atoms with Crippen LogP contribution < -0.4 is 5.32 Å². The Morgan fingerprint density at radius 3 is 2.86 bits per heavy atom. The molecule has 2 aromatic rings. The van der Waals surface area contributed by atoms with Gasteiger partial charge in [-0.3, -0.25) is 4.79 Å². The number of carbonyl (C=O) groups excluding carboxylic acids is 1. The van der Waals surface area contributed by atoms with E-state index in [2.05, 4.69) is 27.4 Å². The van der Waals surface area contributed by atoms with Crippen LogP contribution in [0.5, 0.6) is 0 Å². The number of aromatic nitrogens is 2. The molecule has 1 heterocycles. The molecule has 5 heteroatoms. The first kappa shape index (κ1) is 14.7. The molecule has 106 valence electrons. The summed E-state index contributed by atoms with van der Waals surface area (Å²) < 4.78 is 0. The van der Waals surface area contributed by atoms with E-state index in [1.807, 2.05) is 6.07 Å². The number of nitrogens with one attached hydrogen (secondary N) is 1. The van der Waals surface area contributed by atoms with E-state index < -0.39 is 0 Å². The van der Waals surface area contributed by atoms with Crippen molar-refractivity contribution in [3.63, 3.8) is 0 Å². The molecule has 0 radical (unpaired) electrons. The van der Waals surface area contributed by atoms with Gasteiger partial charge in [-0.15, -0.1) is 0 Å². The van der Waals surface area contributed by atoms with Crippen LogP contribution >= 0.6 is 0 Å². The predicted molar refractivity (Wildman–Crippen MR) is 78.2 cm³/mol. The zero-order valence-corrected chi connectivity index (χ0v) is 11.4. The Labute approximate surface area is 123 Å². The van der Waals surface area contributed by atoms with Crippen LogP contribution in [-0.4, -0.2) is 27.8 Å². The standard InChI is InChI=1S/C16H15N3O2/c20-11-4-3-7-13-6-1-2-9-15(13)16(21)17-12-14-8-5-10-18-19-14/h1-2,5-6,8-10,20H,4,11-12H2,(H,17,21). The molecule has 0 atom stereocenters. The van der Waals surface area contributed by atoms with Gasteiger partial charge in [0.25, 0.3) is 5.91 Å². The molecule has 0 aliphatic heterocycles. The van der Waals surface area contributed by atoms with Gasteiger partial charge in [0, 0.05) is 18.2 Å². The Morgan fingerprint density at radius 1 is 1.24 bits per heavy atom. The van der Waals surface area contributed by atoms with Crippen molar-refractivity contribution in [2.45, 2.75) is 13.0 Å². The van der Waals surface area contributed by atoms with Crippen LogP contribution in [0.25, 0.3) is 0 Å². The average Bonchev–Trinajstić information content (AvgIpc) is 2.54. The monoisotopic (exact) mass is 281 g/mol. The Balaban J connectivity index is 2.07. The van der Waals surface area contributed by atoms with Crippen molar-refractivity contribution in [2.75, 3.05) is 6.61 Å². The molecule has 0 fully saturated rings. The quantitative estimate of drug-likeness (QED) is 0.824. The van der Waals surface area contributed by atoms with Crippen LogP contribution in [0.3, 0.4) is 0 Å². The number of hydrogen-bond acceptors (Lipinski definition) is 4. The maximum atomic E-state index is 12.2. The number of carbonyl (C=O) groups is 1. The Morgan fingerprint density at radius 2 is 2.10 bits per heavy atom. The number of aliphatic hydroxyl groups excluding tert-OH is 1. The molecule has 0 bridgehead atoms. The number of hydrogen-bond donors (Lipinski definition) is 2. The van der Waals surface area contributed by atoms with Gasteiger partial charge in [0.1, 0.15) is 0 Å². The first-order valence-corrected chi connectivity index (χ1v) is 6.55.